The summed E-state index contributed by atoms with van der Waals surface area (Å²) < 4.78 is 15.5. The number of methoxy groups -OCH3 is 1. The van der Waals surface area contributed by atoms with Crippen molar-refractivity contribution in [3.05, 3.63) is 89.0 Å². The second-order valence-corrected chi connectivity index (χ2v) is 7.90. The molecule has 0 radical (unpaired) electrons. The van der Waals surface area contributed by atoms with E-state index in [9.17, 15) is 0 Å². The van der Waals surface area contributed by atoms with Crippen LogP contribution >= 0.6 is 0 Å². The Hall–Kier alpha value is -3.71. The summed E-state index contributed by atoms with van der Waals surface area (Å²) in [6.45, 7) is 5.36. The number of fused-ring (bicyclic) bond motifs is 1. The molecule has 0 aliphatic carbocycles. The van der Waals surface area contributed by atoms with E-state index >= 15 is 0 Å². The number of imidazole rings is 1. The van der Waals surface area contributed by atoms with Gasteiger partial charge in [-0.15, -0.1) is 0 Å². The molecule has 0 bridgehead atoms. The Morgan fingerprint density at radius 1 is 1.09 bits per heavy atom. The molecule has 1 atom stereocenters. The number of aryl methyl sites for hydroxylation is 2. The van der Waals surface area contributed by atoms with E-state index in [1.165, 1.54) is 5.56 Å². The summed E-state index contributed by atoms with van der Waals surface area (Å²) in [7, 11) is 1.67. The molecule has 0 amide bonds. The van der Waals surface area contributed by atoms with Crippen LogP contribution in [0.1, 0.15) is 40.1 Å². The Morgan fingerprint density at radius 3 is 2.69 bits per heavy atom. The van der Waals surface area contributed by atoms with E-state index in [1.54, 1.807) is 13.4 Å². The molecule has 0 unspecified atom stereocenters. The van der Waals surface area contributed by atoms with Gasteiger partial charge in [0.15, 0.2) is 11.6 Å². The van der Waals surface area contributed by atoms with Crippen LogP contribution in [0.3, 0.4) is 0 Å². The molecule has 2 aromatic heterocycles. The highest BCUT2D eigenvalue weighted by Crippen LogP contribution is 2.29. The molecule has 0 fully saturated rings. The zero-order valence-corrected chi connectivity index (χ0v) is 18.4. The maximum Gasteiger partial charge on any atom is 0.174 e. The van der Waals surface area contributed by atoms with Crippen molar-refractivity contribution in [2.24, 2.45) is 0 Å². The molecule has 162 valence electrons. The van der Waals surface area contributed by atoms with Crippen LogP contribution < -0.4 is 4.74 Å². The Labute approximate surface area is 187 Å². The standard InChI is InChI=1S/C25H25N5O2/c1-17-4-8-20(9-5-17)24-25-27-23(28-30(25)12-13-32-24)11-7-19-6-10-21(22(14-19)31-3)29-15-18(2)26-16-29/h4-11,14-16,24H,12-13H2,1-3H3/t24-/m1/s1. The van der Waals surface area contributed by atoms with Gasteiger partial charge in [0.1, 0.15) is 11.9 Å². The topological polar surface area (TPSA) is 67.0 Å². The Kier molecular flexibility index (Phi) is 5.33. The van der Waals surface area contributed by atoms with Crippen molar-refractivity contribution in [1.82, 2.24) is 24.3 Å². The van der Waals surface area contributed by atoms with Crippen molar-refractivity contribution < 1.29 is 9.47 Å². The van der Waals surface area contributed by atoms with Gasteiger partial charge in [-0.25, -0.2) is 14.6 Å². The van der Waals surface area contributed by atoms with E-state index in [2.05, 4.69) is 41.3 Å². The van der Waals surface area contributed by atoms with Gasteiger partial charge in [0.2, 0.25) is 0 Å². The fourth-order valence-corrected chi connectivity index (χ4v) is 3.85. The van der Waals surface area contributed by atoms with Crippen molar-refractivity contribution in [3.8, 4) is 11.4 Å². The van der Waals surface area contributed by atoms with Gasteiger partial charge in [0.25, 0.3) is 0 Å². The van der Waals surface area contributed by atoms with Gasteiger partial charge < -0.3 is 14.0 Å². The number of nitrogens with zero attached hydrogens (tertiary/aromatic N) is 5. The quantitative estimate of drug-likeness (QED) is 0.473. The molecule has 7 heteroatoms. The fourth-order valence-electron chi connectivity index (χ4n) is 3.85. The number of hydrogen-bond donors (Lipinski definition) is 0. The second-order valence-electron chi connectivity index (χ2n) is 7.90. The first-order valence-electron chi connectivity index (χ1n) is 10.6. The van der Waals surface area contributed by atoms with Crippen LogP contribution in [0.4, 0.5) is 0 Å². The lowest BCUT2D eigenvalue weighted by atomic mass is 10.1. The first-order chi connectivity index (χ1) is 15.6. The minimum absolute atomic E-state index is 0.197. The predicted molar refractivity (Wildman–Crippen MR) is 123 cm³/mol. The van der Waals surface area contributed by atoms with E-state index < -0.39 is 0 Å². The van der Waals surface area contributed by atoms with E-state index in [4.69, 9.17) is 14.5 Å². The molecule has 0 saturated carbocycles. The van der Waals surface area contributed by atoms with Crippen molar-refractivity contribution in [2.75, 3.05) is 13.7 Å². The van der Waals surface area contributed by atoms with Gasteiger partial charge in [0.05, 0.1) is 38.0 Å². The van der Waals surface area contributed by atoms with E-state index in [-0.39, 0.29) is 6.10 Å². The molecule has 0 spiro atoms. The molecule has 7 nitrogen and oxygen atoms in total. The Balaban J connectivity index is 1.40. The summed E-state index contributed by atoms with van der Waals surface area (Å²) in [5, 5.41) is 4.66. The van der Waals surface area contributed by atoms with Crippen LogP contribution in [0.15, 0.2) is 55.0 Å². The van der Waals surface area contributed by atoms with E-state index in [1.807, 2.05) is 52.7 Å². The molecule has 2 aromatic carbocycles. The number of benzene rings is 2. The molecule has 32 heavy (non-hydrogen) atoms. The average Bonchev–Trinajstić information content (AvgIpc) is 3.43. The van der Waals surface area contributed by atoms with Gasteiger partial charge in [-0.3, -0.25) is 0 Å². The maximum atomic E-state index is 6.02. The summed E-state index contributed by atoms with van der Waals surface area (Å²) in [6.07, 6.45) is 7.48. The van der Waals surface area contributed by atoms with E-state index in [0.29, 0.717) is 19.0 Å². The van der Waals surface area contributed by atoms with Gasteiger partial charge in [0, 0.05) is 6.20 Å². The molecule has 1 aliphatic rings. The number of aromatic nitrogens is 5. The normalized spacial score (nSPS) is 15.8. The first kappa shape index (κ1) is 20.2. The van der Waals surface area contributed by atoms with Crippen molar-refractivity contribution in [1.29, 1.82) is 0 Å². The molecule has 0 N–H and O–H groups in total. The Bertz CT molecular complexity index is 1270. The predicted octanol–water partition coefficient (Wildman–Crippen LogP) is 4.38. The number of rotatable bonds is 5. The molecule has 3 heterocycles. The van der Waals surface area contributed by atoms with Crippen LogP contribution in [0.25, 0.3) is 17.8 Å². The van der Waals surface area contributed by atoms with E-state index in [0.717, 1.165) is 34.1 Å². The van der Waals surface area contributed by atoms with Crippen LogP contribution in [0, 0.1) is 13.8 Å². The van der Waals surface area contributed by atoms with Crippen molar-refractivity contribution in [2.45, 2.75) is 26.5 Å². The smallest absolute Gasteiger partial charge is 0.174 e. The third kappa shape index (κ3) is 3.94. The lowest BCUT2D eigenvalue weighted by molar-refractivity contribution is 0.0389. The summed E-state index contributed by atoms with van der Waals surface area (Å²) in [4.78, 5) is 9.05. The molecule has 1 aliphatic heterocycles. The maximum absolute atomic E-state index is 6.02. The zero-order chi connectivity index (χ0) is 22.1. The van der Waals surface area contributed by atoms with Gasteiger partial charge in [-0.2, -0.15) is 5.10 Å². The molecule has 4 aromatic rings. The van der Waals surface area contributed by atoms with Crippen LogP contribution in [0.5, 0.6) is 5.75 Å². The number of hydrogen-bond acceptors (Lipinski definition) is 5. The lowest BCUT2D eigenvalue weighted by Crippen LogP contribution is -2.23. The summed E-state index contributed by atoms with van der Waals surface area (Å²) in [5.41, 5.74) is 5.22. The molecular weight excluding hydrogens is 402 g/mol. The highest BCUT2D eigenvalue weighted by Gasteiger charge is 2.26. The van der Waals surface area contributed by atoms with Crippen molar-refractivity contribution >= 4 is 12.2 Å². The minimum Gasteiger partial charge on any atom is -0.495 e. The third-order valence-corrected chi connectivity index (χ3v) is 5.54. The molecule has 0 saturated heterocycles. The highest BCUT2D eigenvalue weighted by molar-refractivity contribution is 5.69. The molecular formula is C25H25N5O2. The lowest BCUT2D eigenvalue weighted by Gasteiger charge is -2.23. The van der Waals surface area contributed by atoms with Gasteiger partial charge in [-0.05, 0) is 43.2 Å². The van der Waals surface area contributed by atoms with Gasteiger partial charge in [-0.1, -0.05) is 42.0 Å². The monoisotopic (exact) mass is 427 g/mol. The SMILES string of the molecule is COc1cc(C=Cc2nc3n(n2)CCO[C@@H]3c2ccc(C)cc2)ccc1-n1cnc(C)c1. The van der Waals surface area contributed by atoms with Gasteiger partial charge >= 0.3 is 0 Å². The second kappa shape index (κ2) is 8.43. The fraction of sp³-hybridized carbons (Fsp3) is 0.240. The highest BCUT2D eigenvalue weighted by atomic mass is 16.5. The minimum atomic E-state index is -0.197. The molecule has 5 rings (SSSR count). The first-order valence-corrected chi connectivity index (χ1v) is 10.6. The largest absolute Gasteiger partial charge is 0.495 e. The third-order valence-electron chi connectivity index (χ3n) is 5.54. The van der Waals surface area contributed by atoms with Crippen molar-refractivity contribution in [3.63, 3.8) is 0 Å². The Morgan fingerprint density at radius 2 is 1.94 bits per heavy atom. The average molecular weight is 428 g/mol. The summed E-state index contributed by atoms with van der Waals surface area (Å²) >= 11 is 0. The van der Waals surface area contributed by atoms with Crippen LogP contribution in [-0.2, 0) is 11.3 Å². The summed E-state index contributed by atoms with van der Waals surface area (Å²) in [5.74, 6) is 2.27. The zero-order valence-electron chi connectivity index (χ0n) is 18.4. The summed E-state index contributed by atoms with van der Waals surface area (Å²) in [6, 6.07) is 14.4. The van der Waals surface area contributed by atoms with Crippen LogP contribution in [0.2, 0.25) is 0 Å². The van der Waals surface area contributed by atoms with Crippen LogP contribution in [-0.4, -0.2) is 38.0 Å². The number of ether oxygens (including phenoxy) is 2.